The maximum Gasteiger partial charge on any atom is 0.416 e. The van der Waals surface area contributed by atoms with Gasteiger partial charge in [-0.25, -0.2) is 0 Å². The van der Waals surface area contributed by atoms with Gasteiger partial charge in [0.1, 0.15) is 0 Å². The zero-order chi connectivity index (χ0) is 24.4. The molecular weight excluding hydrogens is 453 g/mol. The van der Waals surface area contributed by atoms with Crippen LogP contribution in [0.5, 0.6) is 0 Å². The molecule has 0 saturated carbocycles. The van der Waals surface area contributed by atoms with Gasteiger partial charge in [0.2, 0.25) is 0 Å². The zero-order valence-corrected chi connectivity index (χ0v) is 18.8. The number of benzene rings is 3. The van der Waals surface area contributed by atoms with E-state index in [1.807, 2.05) is 35.1 Å². The summed E-state index contributed by atoms with van der Waals surface area (Å²) in [6, 6.07) is 19.6. The Morgan fingerprint density at radius 2 is 1.69 bits per heavy atom. The molecule has 1 aromatic heterocycles. The highest BCUT2D eigenvalue weighted by Gasteiger charge is 2.30. The number of anilines is 1. The van der Waals surface area contributed by atoms with E-state index in [1.54, 1.807) is 30.5 Å². The molecule has 1 amide bonds. The number of halogens is 3. The van der Waals surface area contributed by atoms with E-state index in [4.69, 9.17) is 0 Å². The number of hydrogen-bond acceptors (Lipinski definition) is 3. The molecule has 1 aliphatic rings. The van der Waals surface area contributed by atoms with Crippen LogP contribution in [-0.2, 0) is 25.8 Å². The van der Waals surface area contributed by atoms with Crippen LogP contribution < -0.4 is 5.32 Å². The zero-order valence-electron chi connectivity index (χ0n) is 18.8. The summed E-state index contributed by atoms with van der Waals surface area (Å²) in [4.78, 5) is 15.5. The number of fused-ring (bicyclic) bond motifs is 1. The predicted molar refractivity (Wildman–Crippen MR) is 128 cm³/mol. The number of aromatic nitrogens is 2. The number of hydrogen-bond donors (Lipinski definition) is 1. The Morgan fingerprint density at radius 1 is 0.914 bits per heavy atom. The van der Waals surface area contributed by atoms with Crippen molar-refractivity contribution in [3.05, 3.63) is 107 Å². The fraction of sp³-hybridized carbons (Fsp3) is 0.185. The molecule has 0 spiro atoms. The van der Waals surface area contributed by atoms with Crippen LogP contribution >= 0.6 is 0 Å². The molecule has 4 aromatic rings. The molecule has 3 aromatic carbocycles. The summed E-state index contributed by atoms with van der Waals surface area (Å²) in [7, 11) is 0. The number of alkyl halides is 3. The summed E-state index contributed by atoms with van der Waals surface area (Å²) >= 11 is 0. The van der Waals surface area contributed by atoms with Gasteiger partial charge in [0.15, 0.2) is 0 Å². The van der Waals surface area contributed by atoms with Crippen LogP contribution in [-0.4, -0.2) is 27.1 Å². The molecule has 1 aliphatic heterocycles. The van der Waals surface area contributed by atoms with Gasteiger partial charge in [-0.1, -0.05) is 36.4 Å². The number of nitrogens with zero attached hydrogens (tertiary/aromatic N) is 3. The number of nitrogens with one attached hydrogen (secondary N) is 1. The first-order valence-electron chi connectivity index (χ1n) is 11.3. The normalized spacial score (nSPS) is 13.6. The highest BCUT2D eigenvalue weighted by atomic mass is 19.4. The lowest BCUT2D eigenvalue weighted by Crippen LogP contribution is -2.22. The van der Waals surface area contributed by atoms with Crippen molar-refractivity contribution in [3.8, 4) is 11.1 Å². The Bertz CT molecular complexity index is 1330. The van der Waals surface area contributed by atoms with Crippen molar-refractivity contribution in [1.82, 2.24) is 14.7 Å². The van der Waals surface area contributed by atoms with Crippen LogP contribution in [0.15, 0.2) is 85.2 Å². The van der Waals surface area contributed by atoms with Gasteiger partial charge in [0.05, 0.1) is 12.1 Å². The van der Waals surface area contributed by atoms with E-state index in [1.165, 1.54) is 23.3 Å². The number of amides is 1. The minimum absolute atomic E-state index is 0.311. The summed E-state index contributed by atoms with van der Waals surface area (Å²) in [5.74, 6) is -0.311. The van der Waals surface area contributed by atoms with Gasteiger partial charge in [-0.3, -0.25) is 14.4 Å². The highest BCUT2D eigenvalue weighted by Crippen LogP contribution is 2.32. The Labute approximate surface area is 200 Å². The predicted octanol–water partition coefficient (Wildman–Crippen LogP) is 5.84. The van der Waals surface area contributed by atoms with Crippen molar-refractivity contribution in [2.45, 2.75) is 25.8 Å². The Balaban J connectivity index is 1.29. The average Bonchev–Trinajstić information content (AvgIpc) is 3.51. The van der Waals surface area contributed by atoms with E-state index in [2.05, 4.69) is 15.3 Å². The van der Waals surface area contributed by atoms with Crippen LogP contribution in [0.1, 0.15) is 27.0 Å². The molecule has 178 valence electrons. The van der Waals surface area contributed by atoms with Crippen molar-refractivity contribution >= 4 is 11.6 Å². The lowest BCUT2D eigenvalue weighted by Gasteiger charge is -2.14. The van der Waals surface area contributed by atoms with Crippen molar-refractivity contribution in [2.75, 3.05) is 11.9 Å². The topological polar surface area (TPSA) is 50.2 Å². The fourth-order valence-corrected chi connectivity index (χ4v) is 4.35. The Hall–Kier alpha value is -3.91. The molecule has 5 rings (SSSR count). The second-order valence-electron chi connectivity index (χ2n) is 8.54. The molecule has 0 bridgehead atoms. The van der Waals surface area contributed by atoms with Gasteiger partial charge in [-0.15, -0.1) is 0 Å². The number of carbonyl (C=O) groups excluding carboxylic acids is 1. The first-order chi connectivity index (χ1) is 16.9. The van der Waals surface area contributed by atoms with E-state index in [0.717, 1.165) is 38.3 Å². The largest absolute Gasteiger partial charge is 0.416 e. The molecule has 0 aliphatic carbocycles. The SMILES string of the molecule is O=C(Nc1ccc2c(c1)CN(CCn1cccn1)C2)c1ccccc1-c1ccc(C(F)(F)F)cc1. The highest BCUT2D eigenvalue weighted by molar-refractivity contribution is 6.08. The van der Waals surface area contributed by atoms with Crippen LogP contribution in [0.4, 0.5) is 18.9 Å². The Morgan fingerprint density at radius 3 is 2.43 bits per heavy atom. The van der Waals surface area contributed by atoms with Crippen molar-refractivity contribution in [3.63, 3.8) is 0 Å². The number of carbonyl (C=O) groups is 1. The van der Waals surface area contributed by atoms with Crippen molar-refractivity contribution < 1.29 is 18.0 Å². The van der Waals surface area contributed by atoms with Gasteiger partial charge < -0.3 is 5.32 Å². The van der Waals surface area contributed by atoms with E-state index >= 15 is 0 Å². The lowest BCUT2D eigenvalue weighted by molar-refractivity contribution is -0.137. The molecule has 0 radical (unpaired) electrons. The van der Waals surface area contributed by atoms with Gasteiger partial charge in [-0.05, 0) is 58.7 Å². The van der Waals surface area contributed by atoms with E-state index in [0.29, 0.717) is 22.4 Å². The van der Waals surface area contributed by atoms with E-state index < -0.39 is 11.7 Å². The van der Waals surface area contributed by atoms with Crippen LogP contribution in [0.2, 0.25) is 0 Å². The van der Waals surface area contributed by atoms with Crippen molar-refractivity contribution in [1.29, 1.82) is 0 Å². The van der Waals surface area contributed by atoms with E-state index in [9.17, 15) is 18.0 Å². The van der Waals surface area contributed by atoms with Crippen LogP contribution in [0.25, 0.3) is 11.1 Å². The van der Waals surface area contributed by atoms with Crippen LogP contribution in [0, 0.1) is 0 Å². The average molecular weight is 477 g/mol. The third kappa shape index (κ3) is 5.12. The first kappa shape index (κ1) is 22.9. The molecule has 0 atom stereocenters. The molecule has 1 N–H and O–H groups in total. The van der Waals surface area contributed by atoms with Gasteiger partial charge in [0.25, 0.3) is 5.91 Å². The number of rotatable bonds is 6. The third-order valence-corrected chi connectivity index (χ3v) is 6.15. The summed E-state index contributed by atoms with van der Waals surface area (Å²) in [6.45, 7) is 3.33. The second-order valence-corrected chi connectivity index (χ2v) is 8.54. The van der Waals surface area contributed by atoms with Crippen molar-refractivity contribution in [2.24, 2.45) is 0 Å². The standard InChI is InChI=1S/C27H23F3N4O/c28-27(29,30)22-9-6-19(7-10-22)24-4-1-2-5-25(24)26(35)32-23-11-8-20-17-33(18-21(20)16-23)14-15-34-13-3-12-31-34/h1-13,16H,14-15,17-18H2,(H,32,35). The van der Waals surface area contributed by atoms with Gasteiger partial charge in [-0.2, -0.15) is 18.3 Å². The molecule has 0 unspecified atom stereocenters. The minimum atomic E-state index is -4.41. The molecule has 8 heteroatoms. The maximum absolute atomic E-state index is 13.1. The summed E-state index contributed by atoms with van der Waals surface area (Å²) in [5, 5.41) is 7.19. The molecule has 35 heavy (non-hydrogen) atoms. The second kappa shape index (κ2) is 9.38. The summed E-state index contributed by atoms with van der Waals surface area (Å²) in [5.41, 5.74) is 3.88. The molecule has 0 fully saturated rings. The Kier molecular flexibility index (Phi) is 6.13. The lowest BCUT2D eigenvalue weighted by atomic mass is 9.98. The minimum Gasteiger partial charge on any atom is -0.322 e. The smallest absolute Gasteiger partial charge is 0.322 e. The van der Waals surface area contributed by atoms with Gasteiger partial charge >= 0.3 is 6.18 Å². The first-order valence-corrected chi connectivity index (χ1v) is 11.3. The molecule has 5 nitrogen and oxygen atoms in total. The third-order valence-electron chi connectivity index (χ3n) is 6.15. The van der Waals surface area contributed by atoms with E-state index in [-0.39, 0.29) is 5.91 Å². The molecular formula is C27H23F3N4O. The monoisotopic (exact) mass is 476 g/mol. The molecule has 0 saturated heterocycles. The summed E-state index contributed by atoms with van der Waals surface area (Å²) < 4.78 is 40.7. The fourth-order valence-electron chi connectivity index (χ4n) is 4.35. The maximum atomic E-state index is 13.1. The molecule has 2 heterocycles. The summed E-state index contributed by atoms with van der Waals surface area (Å²) in [6.07, 6.45) is -0.694. The quantitative estimate of drug-likeness (QED) is 0.381. The van der Waals surface area contributed by atoms with Crippen LogP contribution in [0.3, 0.4) is 0 Å². The van der Waals surface area contributed by atoms with Gasteiger partial charge in [0, 0.05) is 43.3 Å².